The molecule has 0 saturated heterocycles. The molecule has 2 aliphatic carbocycles. The number of amides is 1. The van der Waals surface area contributed by atoms with Crippen molar-refractivity contribution in [2.24, 2.45) is 0 Å². The van der Waals surface area contributed by atoms with Crippen molar-refractivity contribution in [3.8, 4) is 0 Å². The third-order valence-electron chi connectivity index (χ3n) is 7.21. The Morgan fingerprint density at radius 3 is 2.76 bits per heavy atom. The number of pyridine rings is 1. The molecule has 4 atom stereocenters. The molecule has 2 aliphatic rings. The molecule has 0 aromatic carbocycles. The van der Waals surface area contributed by atoms with Gasteiger partial charge in [-0.2, -0.15) is 9.61 Å². The number of ether oxygens (including phenoxy) is 1. The van der Waals surface area contributed by atoms with Crippen molar-refractivity contribution in [2.75, 3.05) is 24.8 Å². The van der Waals surface area contributed by atoms with E-state index in [9.17, 15) is 14.7 Å². The van der Waals surface area contributed by atoms with Crippen LogP contribution in [0.15, 0.2) is 35.4 Å². The van der Waals surface area contributed by atoms with Crippen molar-refractivity contribution >= 4 is 28.9 Å². The van der Waals surface area contributed by atoms with Gasteiger partial charge in [-0.25, -0.2) is 4.98 Å². The number of aliphatic hydroxyl groups is 1. The SMILES string of the molecule is CNc1cc(Nc2cccn([C@@H]3CC[C@H]3O)c2=O)nc2c(C(=O)N[C@H]3CC[C@]3(C)OC)cnn12. The Bertz CT molecular complexity index is 1300. The number of anilines is 3. The molecule has 11 heteroatoms. The van der Waals surface area contributed by atoms with Gasteiger partial charge in [-0.3, -0.25) is 9.59 Å². The van der Waals surface area contributed by atoms with Gasteiger partial charge < -0.3 is 30.4 Å². The van der Waals surface area contributed by atoms with Crippen LogP contribution in [0, 0.1) is 0 Å². The number of fused-ring (bicyclic) bond motifs is 1. The van der Waals surface area contributed by atoms with Crippen LogP contribution in [0.4, 0.5) is 17.3 Å². The van der Waals surface area contributed by atoms with E-state index in [1.165, 1.54) is 6.20 Å². The predicted molar refractivity (Wildman–Crippen MR) is 127 cm³/mol. The number of hydrogen-bond acceptors (Lipinski definition) is 8. The Kier molecular flexibility index (Phi) is 5.53. The lowest BCUT2D eigenvalue weighted by molar-refractivity contribution is -0.0828. The van der Waals surface area contributed by atoms with Crippen molar-refractivity contribution in [1.82, 2.24) is 24.5 Å². The van der Waals surface area contributed by atoms with Gasteiger partial charge in [0.2, 0.25) is 0 Å². The second-order valence-electron chi connectivity index (χ2n) is 9.12. The van der Waals surface area contributed by atoms with Crippen LogP contribution >= 0.6 is 0 Å². The number of rotatable bonds is 7. The normalized spacial score (nSPS) is 25.9. The second kappa shape index (κ2) is 8.41. The summed E-state index contributed by atoms with van der Waals surface area (Å²) in [6.07, 6.45) is 5.83. The van der Waals surface area contributed by atoms with Crippen molar-refractivity contribution in [3.05, 3.63) is 46.5 Å². The molecule has 180 valence electrons. The lowest BCUT2D eigenvalue weighted by Crippen LogP contribution is -2.59. The summed E-state index contributed by atoms with van der Waals surface area (Å²) in [5, 5.41) is 23.5. The number of nitrogens with one attached hydrogen (secondary N) is 3. The van der Waals surface area contributed by atoms with Crippen molar-refractivity contribution < 1.29 is 14.6 Å². The minimum Gasteiger partial charge on any atom is -0.391 e. The third-order valence-corrected chi connectivity index (χ3v) is 7.21. The Hall–Kier alpha value is -3.44. The van der Waals surface area contributed by atoms with Crippen LogP contribution in [0.5, 0.6) is 0 Å². The molecule has 4 N–H and O–H groups in total. The van der Waals surface area contributed by atoms with Gasteiger partial charge in [0.25, 0.3) is 11.5 Å². The highest BCUT2D eigenvalue weighted by atomic mass is 16.5. The summed E-state index contributed by atoms with van der Waals surface area (Å²) in [6, 6.07) is 4.84. The summed E-state index contributed by atoms with van der Waals surface area (Å²) in [4.78, 5) is 30.7. The highest BCUT2D eigenvalue weighted by Crippen LogP contribution is 2.35. The molecule has 5 rings (SSSR count). The number of nitrogens with zero attached hydrogens (tertiary/aromatic N) is 4. The fourth-order valence-corrected chi connectivity index (χ4v) is 4.56. The van der Waals surface area contributed by atoms with E-state index in [0.717, 1.165) is 19.3 Å². The molecule has 11 nitrogen and oxygen atoms in total. The van der Waals surface area contributed by atoms with E-state index < -0.39 is 6.10 Å². The number of hydrogen-bond donors (Lipinski definition) is 4. The second-order valence-corrected chi connectivity index (χ2v) is 9.12. The van der Waals surface area contributed by atoms with Gasteiger partial charge in [0.05, 0.1) is 30.0 Å². The highest BCUT2D eigenvalue weighted by molar-refractivity contribution is 6.00. The first-order chi connectivity index (χ1) is 16.3. The molecule has 0 bridgehead atoms. The lowest BCUT2D eigenvalue weighted by atomic mass is 9.76. The van der Waals surface area contributed by atoms with Crippen LogP contribution < -0.4 is 21.5 Å². The Morgan fingerprint density at radius 1 is 1.32 bits per heavy atom. The van der Waals surface area contributed by atoms with E-state index in [2.05, 4.69) is 26.0 Å². The fourth-order valence-electron chi connectivity index (χ4n) is 4.56. The number of methoxy groups -OCH3 is 1. The fraction of sp³-hybridized carbons (Fsp3) is 0.478. The first-order valence-electron chi connectivity index (χ1n) is 11.4. The van der Waals surface area contributed by atoms with E-state index in [0.29, 0.717) is 35.0 Å². The van der Waals surface area contributed by atoms with Gasteiger partial charge in [0, 0.05) is 26.4 Å². The van der Waals surface area contributed by atoms with Crippen LogP contribution in [0.2, 0.25) is 0 Å². The van der Waals surface area contributed by atoms with Crippen LogP contribution in [0.25, 0.3) is 5.65 Å². The molecule has 3 heterocycles. The standard InChI is InChI=1S/C23H29N7O4/c1-23(34-3)9-8-17(23)27-21(32)13-12-25-30-19(24-2)11-18(28-20(13)30)26-14-5-4-10-29(22(14)33)15-6-7-16(15)31/h4-5,10-12,15-17,24,31H,6-9H2,1-3H3,(H,26,28)(H,27,32)/t15-,16-,17+,23+/m1/s1. The van der Waals surface area contributed by atoms with E-state index in [-0.39, 0.29) is 29.2 Å². The van der Waals surface area contributed by atoms with Crippen LogP contribution in [-0.4, -0.2) is 62.1 Å². The third kappa shape index (κ3) is 3.61. The minimum absolute atomic E-state index is 0.0883. The lowest BCUT2D eigenvalue weighted by Gasteiger charge is -2.45. The Morgan fingerprint density at radius 2 is 2.15 bits per heavy atom. The molecule has 0 unspecified atom stereocenters. The maximum absolute atomic E-state index is 13.1. The predicted octanol–water partition coefficient (Wildman–Crippen LogP) is 1.67. The topological polar surface area (TPSA) is 135 Å². The van der Waals surface area contributed by atoms with Crippen molar-refractivity contribution in [1.29, 1.82) is 0 Å². The average Bonchev–Trinajstić information content (AvgIpc) is 3.26. The number of carbonyl (C=O) groups is 1. The number of carbonyl (C=O) groups excluding carboxylic acids is 1. The summed E-state index contributed by atoms with van der Waals surface area (Å²) in [6.45, 7) is 1.98. The summed E-state index contributed by atoms with van der Waals surface area (Å²) in [5.74, 6) is 0.707. The molecule has 0 radical (unpaired) electrons. The van der Waals surface area contributed by atoms with Gasteiger partial charge in [-0.1, -0.05) is 0 Å². The molecule has 0 aliphatic heterocycles. The maximum atomic E-state index is 13.1. The zero-order valence-corrected chi connectivity index (χ0v) is 19.4. The summed E-state index contributed by atoms with van der Waals surface area (Å²) >= 11 is 0. The van der Waals surface area contributed by atoms with Crippen LogP contribution in [-0.2, 0) is 4.74 Å². The largest absolute Gasteiger partial charge is 0.391 e. The Balaban J connectivity index is 1.46. The van der Waals surface area contributed by atoms with E-state index >= 15 is 0 Å². The first kappa shape index (κ1) is 22.4. The molecule has 1 amide bonds. The van der Waals surface area contributed by atoms with Gasteiger partial charge in [0.15, 0.2) is 5.65 Å². The summed E-state index contributed by atoms with van der Waals surface area (Å²) in [7, 11) is 3.39. The quantitative estimate of drug-likeness (QED) is 0.412. The minimum atomic E-state index is -0.512. The molecule has 0 spiro atoms. The average molecular weight is 468 g/mol. The highest BCUT2D eigenvalue weighted by Gasteiger charge is 2.44. The molecule has 2 saturated carbocycles. The van der Waals surface area contributed by atoms with E-state index in [1.807, 2.05) is 6.92 Å². The molecular weight excluding hydrogens is 438 g/mol. The Labute approximate surface area is 196 Å². The monoisotopic (exact) mass is 467 g/mol. The maximum Gasteiger partial charge on any atom is 0.274 e. The van der Waals surface area contributed by atoms with Crippen molar-refractivity contribution in [3.63, 3.8) is 0 Å². The molecule has 3 aromatic rings. The van der Waals surface area contributed by atoms with E-state index in [4.69, 9.17) is 4.74 Å². The van der Waals surface area contributed by atoms with Gasteiger partial charge in [-0.05, 0) is 44.7 Å². The first-order valence-corrected chi connectivity index (χ1v) is 11.4. The molecule has 3 aromatic heterocycles. The molecular formula is C23H29N7O4. The number of aromatic nitrogens is 4. The van der Waals surface area contributed by atoms with Gasteiger partial charge in [-0.15, -0.1) is 0 Å². The van der Waals surface area contributed by atoms with Crippen molar-refractivity contribution in [2.45, 2.75) is 56.4 Å². The van der Waals surface area contributed by atoms with Gasteiger partial charge >= 0.3 is 0 Å². The number of aliphatic hydroxyl groups excluding tert-OH is 1. The summed E-state index contributed by atoms with van der Waals surface area (Å²) < 4.78 is 8.65. The van der Waals surface area contributed by atoms with Crippen LogP contribution in [0.3, 0.4) is 0 Å². The molecule has 2 fully saturated rings. The van der Waals surface area contributed by atoms with Gasteiger partial charge in [0.1, 0.15) is 22.9 Å². The van der Waals surface area contributed by atoms with Crippen LogP contribution in [0.1, 0.15) is 49.0 Å². The summed E-state index contributed by atoms with van der Waals surface area (Å²) in [5.41, 5.74) is 0.394. The molecule has 34 heavy (non-hydrogen) atoms. The zero-order valence-electron chi connectivity index (χ0n) is 19.4. The van der Waals surface area contributed by atoms with E-state index in [1.54, 1.807) is 47.6 Å². The smallest absolute Gasteiger partial charge is 0.274 e. The zero-order chi connectivity index (χ0) is 24.0.